The minimum absolute atomic E-state index is 0.339. The molecule has 0 aromatic carbocycles. The molecule has 1 aliphatic carbocycles. The Labute approximate surface area is 91.9 Å². The Morgan fingerprint density at radius 3 is 2.86 bits per heavy atom. The fraction of sp³-hybridized carbons (Fsp3) is 1.00. The Morgan fingerprint density at radius 1 is 1.36 bits per heavy atom. The first-order valence-corrected chi connectivity index (χ1v) is 6.89. The van der Waals surface area contributed by atoms with E-state index in [0.29, 0.717) is 6.61 Å². The van der Waals surface area contributed by atoms with Crippen LogP contribution in [0.25, 0.3) is 0 Å². The minimum atomic E-state index is 0.339. The van der Waals surface area contributed by atoms with Crippen molar-refractivity contribution in [1.82, 2.24) is 5.32 Å². The van der Waals surface area contributed by atoms with Gasteiger partial charge in [-0.1, -0.05) is 19.8 Å². The van der Waals surface area contributed by atoms with E-state index in [-0.39, 0.29) is 0 Å². The van der Waals surface area contributed by atoms with Gasteiger partial charge in [-0.2, -0.15) is 11.8 Å². The monoisotopic (exact) mass is 217 g/mol. The molecule has 0 spiro atoms. The van der Waals surface area contributed by atoms with E-state index in [1.807, 2.05) is 11.8 Å². The molecule has 0 saturated heterocycles. The van der Waals surface area contributed by atoms with Gasteiger partial charge in [0.2, 0.25) is 0 Å². The molecule has 2 atom stereocenters. The number of aliphatic hydroxyl groups is 1. The fourth-order valence-electron chi connectivity index (χ4n) is 2.09. The van der Waals surface area contributed by atoms with E-state index in [1.54, 1.807) is 0 Å². The lowest BCUT2D eigenvalue weighted by molar-refractivity contribution is 0.296. The zero-order valence-electron chi connectivity index (χ0n) is 9.17. The maximum Gasteiger partial charge on any atom is 0.0438 e. The summed E-state index contributed by atoms with van der Waals surface area (Å²) in [7, 11) is 0. The number of nitrogens with one attached hydrogen (secondary N) is 1. The summed E-state index contributed by atoms with van der Waals surface area (Å²) < 4.78 is 0. The first-order valence-electron chi connectivity index (χ1n) is 5.84. The lowest BCUT2D eigenvalue weighted by Gasteiger charge is -2.31. The quantitative estimate of drug-likeness (QED) is 0.668. The molecule has 2 N–H and O–H groups in total. The summed E-state index contributed by atoms with van der Waals surface area (Å²) >= 11 is 2.05. The molecule has 0 bridgehead atoms. The van der Waals surface area contributed by atoms with Crippen LogP contribution >= 0.6 is 11.8 Å². The maximum atomic E-state index is 8.74. The number of aliphatic hydroxyl groups excluding tert-OH is 1. The van der Waals surface area contributed by atoms with Gasteiger partial charge in [0.25, 0.3) is 0 Å². The maximum absolute atomic E-state index is 8.74. The Balaban J connectivity index is 2.22. The second kappa shape index (κ2) is 7.55. The highest BCUT2D eigenvalue weighted by molar-refractivity contribution is 7.99. The van der Waals surface area contributed by atoms with E-state index < -0.39 is 0 Å². The summed E-state index contributed by atoms with van der Waals surface area (Å²) in [6.45, 7) is 3.61. The first kappa shape index (κ1) is 12.3. The second-order valence-electron chi connectivity index (χ2n) is 3.94. The fourth-order valence-corrected chi connectivity index (χ4v) is 3.49. The third kappa shape index (κ3) is 4.20. The predicted octanol–water partition coefficient (Wildman–Crippen LogP) is 2.02. The topological polar surface area (TPSA) is 32.3 Å². The molecule has 84 valence electrons. The molecule has 0 heterocycles. The van der Waals surface area contributed by atoms with Crippen LogP contribution < -0.4 is 5.32 Å². The normalized spacial score (nSPS) is 27.9. The summed E-state index contributed by atoms with van der Waals surface area (Å²) in [6, 6.07) is 0.720. The standard InChI is InChI=1S/C11H23NOS/c1-2-12-10-6-3-4-7-11(10)14-9-5-8-13/h10-13H,2-9H2,1H3. The van der Waals surface area contributed by atoms with E-state index in [4.69, 9.17) is 5.11 Å². The number of hydrogen-bond acceptors (Lipinski definition) is 3. The summed E-state index contributed by atoms with van der Waals surface area (Å²) in [5, 5.41) is 13.1. The highest BCUT2D eigenvalue weighted by Gasteiger charge is 2.23. The SMILES string of the molecule is CCNC1CCCCC1SCCCO. The Morgan fingerprint density at radius 2 is 2.14 bits per heavy atom. The third-order valence-electron chi connectivity index (χ3n) is 2.80. The number of rotatable bonds is 6. The van der Waals surface area contributed by atoms with Crippen molar-refractivity contribution in [2.45, 2.75) is 50.3 Å². The van der Waals surface area contributed by atoms with E-state index in [0.717, 1.165) is 30.0 Å². The molecule has 3 heteroatoms. The lowest BCUT2D eigenvalue weighted by Crippen LogP contribution is -2.40. The van der Waals surface area contributed by atoms with Crippen molar-refractivity contribution in [3.8, 4) is 0 Å². The van der Waals surface area contributed by atoms with Gasteiger partial charge in [-0.3, -0.25) is 0 Å². The van der Waals surface area contributed by atoms with Crippen LogP contribution in [0.5, 0.6) is 0 Å². The van der Waals surface area contributed by atoms with Crippen molar-refractivity contribution in [3.63, 3.8) is 0 Å². The van der Waals surface area contributed by atoms with Crippen molar-refractivity contribution in [3.05, 3.63) is 0 Å². The van der Waals surface area contributed by atoms with E-state index >= 15 is 0 Å². The average molecular weight is 217 g/mol. The summed E-state index contributed by atoms with van der Waals surface area (Å²) in [6.07, 6.45) is 6.41. The molecular formula is C11H23NOS. The average Bonchev–Trinajstić information content (AvgIpc) is 2.21. The Bertz CT molecular complexity index is 141. The highest BCUT2D eigenvalue weighted by atomic mass is 32.2. The molecule has 14 heavy (non-hydrogen) atoms. The summed E-state index contributed by atoms with van der Waals surface area (Å²) in [5.74, 6) is 1.11. The van der Waals surface area contributed by atoms with Crippen molar-refractivity contribution in [2.75, 3.05) is 18.9 Å². The Hall–Kier alpha value is 0.270. The van der Waals surface area contributed by atoms with Gasteiger partial charge in [-0.05, 0) is 31.6 Å². The minimum Gasteiger partial charge on any atom is -0.396 e. The van der Waals surface area contributed by atoms with Crippen molar-refractivity contribution < 1.29 is 5.11 Å². The van der Waals surface area contributed by atoms with Gasteiger partial charge in [0.15, 0.2) is 0 Å². The highest BCUT2D eigenvalue weighted by Crippen LogP contribution is 2.29. The van der Waals surface area contributed by atoms with Crippen molar-refractivity contribution >= 4 is 11.8 Å². The smallest absolute Gasteiger partial charge is 0.0438 e. The van der Waals surface area contributed by atoms with Crippen LogP contribution in [0.3, 0.4) is 0 Å². The van der Waals surface area contributed by atoms with Crippen LogP contribution in [-0.2, 0) is 0 Å². The third-order valence-corrected chi connectivity index (χ3v) is 4.32. The molecule has 2 unspecified atom stereocenters. The van der Waals surface area contributed by atoms with Crippen LogP contribution in [0.1, 0.15) is 39.0 Å². The summed E-state index contributed by atoms with van der Waals surface area (Å²) in [5.41, 5.74) is 0. The number of thioether (sulfide) groups is 1. The predicted molar refractivity (Wildman–Crippen MR) is 63.9 cm³/mol. The molecule has 0 radical (unpaired) electrons. The molecule has 1 aliphatic rings. The van der Waals surface area contributed by atoms with Crippen molar-refractivity contribution in [2.24, 2.45) is 0 Å². The van der Waals surface area contributed by atoms with Crippen LogP contribution in [0.15, 0.2) is 0 Å². The van der Waals surface area contributed by atoms with Gasteiger partial charge in [0.05, 0.1) is 0 Å². The van der Waals surface area contributed by atoms with Gasteiger partial charge in [-0.15, -0.1) is 0 Å². The van der Waals surface area contributed by atoms with Crippen LogP contribution in [0.2, 0.25) is 0 Å². The van der Waals surface area contributed by atoms with Gasteiger partial charge >= 0.3 is 0 Å². The van der Waals surface area contributed by atoms with E-state index in [2.05, 4.69) is 12.2 Å². The molecular weight excluding hydrogens is 194 g/mol. The number of hydrogen-bond donors (Lipinski definition) is 2. The van der Waals surface area contributed by atoms with Crippen LogP contribution in [0, 0.1) is 0 Å². The van der Waals surface area contributed by atoms with Gasteiger partial charge in [-0.25, -0.2) is 0 Å². The molecule has 0 aromatic rings. The van der Waals surface area contributed by atoms with Gasteiger partial charge in [0, 0.05) is 17.9 Å². The van der Waals surface area contributed by atoms with Crippen LogP contribution in [-0.4, -0.2) is 35.3 Å². The first-order chi connectivity index (χ1) is 6.88. The van der Waals surface area contributed by atoms with E-state index in [9.17, 15) is 0 Å². The summed E-state index contributed by atoms with van der Waals surface area (Å²) in [4.78, 5) is 0. The zero-order valence-corrected chi connectivity index (χ0v) is 9.98. The van der Waals surface area contributed by atoms with Crippen molar-refractivity contribution in [1.29, 1.82) is 0 Å². The molecule has 0 aromatic heterocycles. The molecule has 1 fully saturated rings. The molecule has 0 aliphatic heterocycles. The van der Waals surface area contributed by atoms with Gasteiger partial charge in [0.1, 0.15) is 0 Å². The molecule has 2 nitrogen and oxygen atoms in total. The Kier molecular flexibility index (Phi) is 6.65. The van der Waals surface area contributed by atoms with Gasteiger partial charge < -0.3 is 10.4 Å². The lowest BCUT2D eigenvalue weighted by atomic mass is 9.95. The van der Waals surface area contributed by atoms with E-state index in [1.165, 1.54) is 25.7 Å². The molecule has 1 saturated carbocycles. The molecule has 0 amide bonds. The second-order valence-corrected chi connectivity index (χ2v) is 5.28. The largest absolute Gasteiger partial charge is 0.396 e. The molecule has 1 rings (SSSR count). The zero-order chi connectivity index (χ0) is 10.2. The van der Waals surface area contributed by atoms with Crippen LogP contribution in [0.4, 0.5) is 0 Å².